The highest BCUT2D eigenvalue weighted by molar-refractivity contribution is 5.81. The van der Waals surface area contributed by atoms with Gasteiger partial charge in [-0.25, -0.2) is 4.39 Å². The van der Waals surface area contributed by atoms with Crippen molar-refractivity contribution in [1.82, 2.24) is 5.32 Å². The first kappa shape index (κ1) is 25.2. The van der Waals surface area contributed by atoms with Crippen molar-refractivity contribution in [1.29, 1.82) is 5.41 Å². The van der Waals surface area contributed by atoms with Crippen LogP contribution in [0.2, 0.25) is 0 Å². The van der Waals surface area contributed by atoms with Crippen molar-refractivity contribution in [3.05, 3.63) is 53.0 Å². The van der Waals surface area contributed by atoms with Crippen molar-refractivity contribution in [2.75, 3.05) is 5.32 Å². The van der Waals surface area contributed by atoms with Crippen LogP contribution in [0.25, 0.3) is 0 Å². The second kappa shape index (κ2) is 10.2. The molecule has 3 N–H and O–H groups in total. The Kier molecular flexibility index (Phi) is 7.81. The summed E-state index contributed by atoms with van der Waals surface area (Å²) in [5.41, 5.74) is 4.14. The lowest BCUT2D eigenvalue weighted by molar-refractivity contribution is -0.123. The van der Waals surface area contributed by atoms with Gasteiger partial charge < -0.3 is 16.0 Å². The fraction of sp³-hybridized carbons (Fsp3) is 0.571. The number of nitrogens with one attached hydrogen (secondary N) is 3. The van der Waals surface area contributed by atoms with E-state index in [9.17, 15) is 9.18 Å². The van der Waals surface area contributed by atoms with Gasteiger partial charge in [0.2, 0.25) is 5.91 Å². The molecule has 1 fully saturated rings. The Bertz CT molecular complexity index is 925. The molecule has 3 atom stereocenters. The van der Waals surface area contributed by atoms with E-state index in [0.717, 1.165) is 55.5 Å². The molecule has 0 bridgehead atoms. The number of carbonyl (C=O) groups is 1. The summed E-state index contributed by atoms with van der Waals surface area (Å²) in [6.07, 6.45) is 10.2. The molecule has 5 heteroatoms. The Morgan fingerprint density at radius 2 is 2.00 bits per heavy atom. The van der Waals surface area contributed by atoms with E-state index in [4.69, 9.17) is 5.41 Å². The van der Waals surface area contributed by atoms with Gasteiger partial charge in [-0.3, -0.25) is 4.79 Å². The first-order valence-electron chi connectivity index (χ1n) is 12.3. The third-order valence-corrected chi connectivity index (χ3v) is 7.18. The summed E-state index contributed by atoms with van der Waals surface area (Å²) in [5.74, 6) is 0.359. The lowest BCUT2D eigenvalue weighted by Gasteiger charge is -2.39. The summed E-state index contributed by atoms with van der Waals surface area (Å²) in [6.45, 7) is 10.8. The van der Waals surface area contributed by atoms with Crippen LogP contribution >= 0.6 is 0 Å². The van der Waals surface area contributed by atoms with E-state index in [1.54, 1.807) is 12.1 Å². The minimum atomic E-state index is -0.258. The highest BCUT2D eigenvalue weighted by Gasteiger charge is 2.45. The zero-order chi connectivity index (χ0) is 24.2. The summed E-state index contributed by atoms with van der Waals surface area (Å²) in [7, 11) is 0. The Labute approximate surface area is 198 Å². The van der Waals surface area contributed by atoms with Crippen molar-refractivity contribution >= 4 is 17.8 Å². The maximum atomic E-state index is 13.3. The van der Waals surface area contributed by atoms with Gasteiger partial charge in [0, 0.05) is 30.1 Å². The quantitative estimate of drug-likeness (QED) is 0.352. The van der Waals surface area contributed by atoms with Crippen LogP contribution in [0.4, 0.5) is 10.1 Å². The summed E-state index contributed by atoms with van der Waals surface area (Å²) in [6, 6.07) is 6.53. The van der Waals surface area contributed by atoms with Crippen molar-refractivity contribution < 1.29 is 9.18 Å². The molecule has 4 nitrogen and oxygen atoms in total. The fourth-order valence-corrected chi connectivity index (χ4v) is 5.46. The van der Waals surface area contributed by atoms with E-state index in [0.29, 0.717) is 12.3 Å². The normalized spacial score (nSPS) is 23.6. The zero-order valence-electron chi connectivity index (χ0n) is 20.9. The molecule has 33 heavy (non-hydrogen) atoms. The van der Waals surface area contributed by atoms with Crippen molar-refractivity contribution in [2.24, 2.45) is 16.7 Å². The molecule has 0 radical (unpaired) electrons. The molecule has 2 aliphatic carbocycles. The number of benzene rings is 1. The number of carbonyl (C=O) groups excluding carboxylic acids is 1. The molecule has 0 heterocycles. The number of amides is 1. The van der Waals surface area contributed by atoms with Crippen LogP contribution in [0, 0.1) is 28.0 Å². The Hall–Kier alpha value is -2.43. The van der Waals surface area contributed by atoms with E-state index >= 15 is 0 Å². The first-order chi connectivity index (χ1) is 15.5. The third-order valence-electron chi connectivity index (χ3n) is 7.18. The molecule has 180 valence electrons. The second-order valence-corrected chi connectivity index (χ2v) is 11.2. The molecule has 0 aromatic heterocycles. The fourth-order valence-electron chi connectivity index (χ4n) is 5.46. The van der Waals surface area contributed by atoms with Gasteiger partial charge in [0.25, 0.3) is 0 Å². The van der Waals surface area contributed by atoms with Crippen molar-refractivity contribution in [2.45, 2.75) is 85.6 Å². The Balaban J connectivity index is 1.74. The van der Waals surface area contributed by atoms with Gasteiger partial charge in [-0.15, -0.1) is 0 Å². The predicted molar refractivity (Wildman–Crippen MR) is 135 cm³/mol. The largest absolute Gasteiger partial charge is 0.355 e. The van der Waals surface area contributed by atoms with Crippen LogP contribution < -0.4 is 10.6 Å². The molecular formula is C28H40FN3O. The van der Waals surface area contributed by atoms with Crippen LogP contribution in [0.15, 0.2) is 47.2 Å². The van der Waals surface area contributed by atoms with Crippen molar-refractivity contribution in [3.8, 4) is 0 Å². The van der Waals surface area contributed by atoms with Crippen LogP contribution in [-0.2, 0) is 4.79 Å². The van der Waals surface area contributed by atoms with E-state index in [2.05, 4.69) is 51.3 Å². The first-order valence-corrected chi connectivity index (χ1v) is 12.3. The van der Waals surface area contributed by atoms with Gasteiger partial charge in [-0.05, 0) is 84.8 Å². The predicted octanol–water partition coefficient (Wildman–Crippen LogP) is 7.00. The molecule has 3 rings (SSSR count). The maximum Gasteiger partial charge on any atom is 0.220 e. The number of rotatable bonds is 9. The minimum absolute atomic E-state index is 0.00159. The van der Waals surface area contributed by atoms with Crippen LogP contribution in [0.5, 0.6) is 0 Å². The van der Waals surface area contributed by atoms with Crippen LogP contribution in [0.3, 0.4) is 0 Å². The highest BCUT2D eigenvalue weighted by atomic mass is 19.1. The number of halogens is 1. The lowest BCUT2D eigenvalue weighted by Crippen LogP contribution is -2.40. The monoisotopic (exact) mass is 453 g/mol. The van der Waals surface area contributed by atoms with Gasteiger partial charge in [0.05, 0.1) is 0 Å². The Morgan fingerprint density at radius 3 is 2.61 bits per heavy atom. The second-order valence-electron chi connectivity index (χ2n) is 11.2. The molecular weight excluding hydrogens is 413 g/mol. The minimum Gasteiger partial charge on any atom is -0.355 e. The number of hydrogen-bond donors (Lipinski definition) is 3. The average Bonchev–Trinajstić information content (AvgIpc) is 3.03. The molecule has 1 unspecified atom stereocenters. The van der Waals surface area contributed by atoms with Gasteiger partial charge in [0.1, 0.15) is 5.82 Å². The van der Waals surface area contributed by atoms with Gasteiger partial charge in [-0.2, -0.15) is 0 Å². The molecule has 0 spiro atoms. The number of anilines is 1. The summed E-state index contributed by atoms with van der Waals surface area (Å²) >= 11 is 0. The lowest BCUT2D eigenvalue weighted by atomic mass is 9.68. The van der Waals surface area contributed by atoms with E-state index in [-0.39, 0.29) is 28.6 Å². The van der Waals surface area contributed by atoms with Gasteiger partial charge in [-0.1, -0.05) is 46.6 Å². The average molecular weight is 454 g/mol. The van der Waals surface area contributed by atoms with Gasteiger partial charge >= 0.3 is 0 Å². The zero-order valence-corrected chi connectivity index (χ0v) is 20.9. The van der Waals surface area contributed by atoms with Crippen LogP contribution in [-0.4, -0.2) is 18.2 Å². The maximum absolute atomic E-state index is 13.3. The SMILES string of the molecule is CCCC(C[C@H]1CCC2=CC(Nc3ccc(F)cc3)=C(C=N)C[C@@]21C)NC(=O)CC(C)(C)C. The smallest absolute Gasteiger partial charge is 0.220 e. The summed E-state index contributed by atoms with van der Waals surface area (Å²) in [5, 5.41) is 14.8. The standard InChI is InChI=1S/C28H40FN3O/c1-6-7-24(32-26(33)17-27(2,3)4)14-20-8-9-21-15-25(19(18-30)16-28(20,21)5)31-23-12-10-22(29)11-13-23/h10-13,15,18,20,24,30-31H,6-9,14,16-17H2,1-5H3,(H,32,33)/t20-,24?,28-/m1/s1. The summed E-state index contributed by atoms with van der Waals surface area (Å²) < 4.78 is 13.3. The highest BCUT2D eigenvalue weighted by Crippen LogP contribution is 2.55. The Morgan fingerprint density at radius 1 is 1.30 bits per heavy atom. The summed E-state index contributed by atoms with van der Waals surface area (Å²) in [4.78, 5) is 12.6. The van der Waals surface area contributed by atoms with E-state index in [1.807, 2.05) is 0 Å². The molecule has 1 amide bonds. The molecule has 0 saturated heterocycles. The number of fused-ring (bicyclic) bond motifs is 1. The molecule has 0 aliphatic heterocycles. The van der Waals surface area contributed by atoms with E-state index in [1.165, 1.54) is 23.9 Å². The number of allylic oxidation sites excluding steroid dienone is 3. The van der Waals surface area contributed by atoms with E-state index < -0.39 is 0 Å². The molecule has 1 aromatic carbocycles. The topological polar surface area (TPSA) is 65.0 Å². The van der Waals surface area contributed by atoms with Crippen molar-refractivity contribution in [3.63, 3.8) is 0 Å². The molecule has 1 saturated carbocycles. The van der Waals surface area contributed by atoms with Gasteiger partial charge in [0.15, 0.2) is 0 Å². The number of hydrogen-bond acceptors (Lipinski definition) is 3. The molecule has 1 aromatic rings. The molecule has 2 aliphatic rings. The third kappa shape index (κ3) is 6.33. The van der Waals surface area contributed by atoms with Crippen LogP contribution in [0.1, 0.15) is 79.6 Å².